The van der Waals surface area contributed by atoms with Crippen LogP contribution in [0.2, 0.25) is 0 Å². The number of hydrogen-bond donors (Lipinski definition) is 5. The Hall–Kier alpha value is -2.99. The maximum Gasteiger partial charge on any atom is 0.322 e. The Morgan fingerprint density at radius 1 is 1.16 bits per heavy atom. The lowest BCUT2D eigenvalue weighted by molar-refractivity contribution is -0.139. The summed E-state index contributed by atoms with van der Waals surface area (Å²) in [5, 5.41) is 22.1. The molecule has 6 N–H and O–H groups in total. The predicted octanol–water partition coefficient (Wildman–Crippen LogP) is -0.600. The summed E-state index contributed by atoms with van der Waals surface area (Å²) in [6, 6.07) is -2.52. The first-order valence-corrected chi connectivity index (χ1v) is 10.6. The van der Waals surface area contributed by atoms with E-state index in [-0.39, 0.29) is 46.9 Å². The van der Waals surface area contributed by atoms with Crippen molar-refractivity contribution in [2.75, 3.05) is 12.3 Å². The topological polar surface area (TPSA) is 193 Å². The molecule has 0 saturated carbocycles. The summed E-state index contributed by atoms with van der Waals surface area (Å²) in [6.45, 7) is 7.58. The van der Waals surface area contributed by atoms with Crippen LogP contribution in [0.3, 0.4) is 0 Å². The predicted molar refractivity (Wildman–Crippen MR) is 116 cm³/mol. The molecule has 0 spiro atoms. The fourth-order valence-electron chi connectivity index (χ4n) is 2.83. The van der Waals surface area contributed by atoms with Gasteiger partial charge in [-0.25, -0.2) is 0 Å². The molecule has 32 heavy (non-hydrogen) atoms. The monoisotopic (exact) mass is 469 g/mol. The van der Waals surface area contributed by atoms with E-state index in [1.807, 2.05) is 0 Å². The molecule has 0 aromatic carbocycles. The molecular weight excluding hydrogens is 442 g/mol. The van der Waals surface area contributed by atoms with Gasteiger partial charge in [-0.1, -0.05) is 6.58 Å². The number of thioether (sulfide) groups is 1. The van der Waals surface area contributed by atoms with E-state index in [9.17, 15) is 28.8 Å². The minimum absolute atomic E-state index is 0.0408. The van der Waals surface area contributed by atoms with Crippen molar-refractivity contribution in [2.45, 2.75) is 50.4 Å². The number of rotatable bonds is 11. The second kappa shape index (κ2) is 11.0. The first kappa shape index (κ1) is 27.0. The SMILES string of the molecule is C=C1C(=O)C(C)=C(C)C(=O)C1(C)SC[C@H](NC(=O)CC[C@H](N)C(=O)O)C(=O)NCC(=O)O. The molecule has 3 atom stereocenters. The van der Waals surface area contributed by atoms with E-state index >= 15 is 0 Å². The number of carbonyl (C=O) groups is 6. The van der Waals surface area contributed by atoms with Crippen LogP contribution in [-0.4, -0.2) is 74.7 Å². The van der Waals surface area contributed by atoms with Crippen molar-refractivity contribution in [2.24, 2.45) is 5.73 Å². The zero-order chi connectivity index (χ0) is 24.8. The Morgan fingerprint density at radius 3 is 2.28 bits per heavy atom. The molecule has 12 heteroatoms. The van der Waals surface area contributed by atoms with Crippen LogP contribution < -0.4 is 16.4 Å². The van der Waals surface area contributed by atoms with E-state index in [0.717, 1.165) is 11.8 Å². The van der Waals surface area contributed by atoms with Crippen LogP contribution in [0, 0.1) is 0 Å². The summed E-state index contributed by atoms with van der Waals surface area (Å²) >= 11 is 0.922. The van der Waals surface area contributed by atoms with Crippen molar-refractivity contribution in [3.05, 3.63) is 23.3 Å². The average molecular weight is 470 g/mol. The van der Waals surface area contributed by atoms with E-state index in [1.165, 1.54) is 20.8 Å². The van der Waals surface area contributed by atoms with Gasteiger partial charge >= 0.3 is 11.9 Å². The smallest absolute Gasteiger partial charge is 0.322 e. The Labute approximate surface area is 188 Å². The van der Waals surface area contributed by atoms with Gasteiger partial charge in [0.1, 0.15) is 23.4 Å². The number of allylic oxidation sites excluding steroid dienone is 2. The molecule has 2 amide bonds. The van der Waals surface area contributed by atoms with Gasteiger partial charge in [0, 0.05) is 28.9 Å². The summed E-state index contributed by atoms with van der Waals surface area (Å²) in [6.07, 6.45) is -0.466. The summed E-state index contributed by atoms with van der Waals surface area (Å²) in [7, 11) is 0. The van der Waals surface area contributed by atoms with Gasteiger partial charge in [-0.05, 0) is 27.2 Å². The quantitative estimate of drug-likeness (QED) is 0.244. The van der Waals surface area contributed by atoms with Gasteiger partial charge in [0.25, 0.3) is 0 Å². The van der Waals surface area contributed by atoms with Gasteiger partial charge in [-0.15, -0.1) is 11.8 Å². The van der Waals surface area contributed by atoms with E-state index in [1.54, 1.807) is 0 Å². The number of nitrogens with two attached hydrogens (primary N) is 1. The van der Waals surface area contributed by atoms with Crippen molar-refractivity contribution in [1.82, 2.24) is 10.6 Å². The number of nitrogens with one attached hydrogen (secondary N) is 2. The Bertz CT molecular complexity index is 897. The number of hydrogen-bond acceptors (Lipinski definition) is 8. The first-order chi connectivity index (χ1) is 14.7. The van der Waals surface area contributed by atoms with E-state index in [2.05, 4.69) is 17.2 Å². The third-order valence-electron chi connectivity index (χ3n) is 5.13. The number of aliphatic carboxylic acids is 2. The lowest BCUT2D eigenvalue weighted by Crippen LogP contribution is -2.51. The molecule has 0 aromatic heterocycles. The van der Waals surface area contributed by atoms with Crippen LogP contribution >= 0.6 is 11.8 Å². The van der Waals surface area contributed by atoms with E-state index < -0.39 is 47.1 Å². The summed E-state index contributed by atoms with van der Waals surface area (Å²) in [5.74, 6) is -4.99. The molecule has 0 saturated heterocycles. The van der Waals surface area contributed by atoms with Crippen LogP contribution in [0.1, 0.15) is 33.6 Å². The Balaban J connectivity index is 2.99. The molecule has 0 fully saturated rings. The standard InChI is InChI=1S/C20H27N3O8S/c1-9-10(2)17(28)20(4,11(3)16(9)27)32-8-13(18(29)22-7-15(25)26)23-14(24)6-5-12(21)19(30)31/h12-13H,3,5-8,21H2,1-2,4H3,(H,22,29)(H,23,24)(H,25,26)(H,30,31)/t12-,13-,20?/m0/s1. The van der Waals surface area contributed by atoms with Gasteiger partial charge in [0.15, 0.2) is 11.6 Å². The molecule has 1 unspecified atom stereocenters. The molecule has 176 valence electrons. The Kier molecular flexibility index (Phi) is 9.34. The molecule has 0 bridgehead atoms. The van der Waals surface area contributed by atoms with Gasteiger partial charge in [0.2, 0.25) is 11.8 Å². The zero-order valence-electron chi connectivity index (χ0n) is 18.0. The van der Waals surface area contributed by atoms with Gasteiger partial charge in [-0.2, -0.15) is 0 Å². The summed E-state index contributed by atoms with van der Waals surface area (Å²) < 4.78 is -1.37. The molecular formula is C20H27N3O8S. The first-order valence-electron chi connectivity index (χ1n) is 9.59. The third kappa shape index (κ3) is 6.50. The summed E-state index contributed by atoms with van der Waals surface area (Å²) in [4.78, 5) is 71.5. The zero-order valence-corrected chi connectivity index (χ0v) is 18.8. The Morgan fingerprint density at radius 2 is 1.75 bits per heavy atom. The maximum absolute atomic E-state index is 12.8. The highest BCUT2D eigenvalue weighted by molar-refractivity contribution is 8.01. The minimum Gasteiger partial charge on any atom is -0.480 e. The average Bonchev–Trinajstić information content (AvgIpc) is 2.74. The normalized spacial score (nSPS) is 20.6. The van der Waals surface area contributed by atoms with Crippen LogP contribution in [0.5, 0.6) is 0 Å². The van der Waals surface area contributed by atoms with Crippen molar-refractivity contribution < 1.29 is 39.0 Å². The van der Waals surface area contributed by atoms with E-state index in [0.29, 0.717) is 0 Å². The van der Waals surface area contributed by atoms with Gasteiger partial charge in [0.05, 0.1) is 0 Å². The van der Waals surface area contributed by atoms with Crippen LogP contribution in [0.15, 0.2) is 23.3 Å². The van der Waals surface area contributed by atoms with Crippen LogP contribution in [-0.2, 0) is 28.8 Å². The number of amides is 2. The summed E-state index contributed by atoms with van der Waals surface area (Å²) in [5.41, 5.74) is 5.97. The van der Waals surface area contributed by atoms with Gasteiger partial charge < -0.3 is 26.6 Å². The number of carboxylic acid groups (broad SMARTS) is 2. The number of Topliss-reactive ketones (excluding diaryl/α,β-unsaturated/α-hetero) is 2. The minimum atomic E-state index is -1.37. The second-order valence-corrected chi connectivity index (χ2v) is 8.88. The molecule has 0 aromatic rings. The van der Waals surface area contributed by atoms with Crippen molar-refractivity contribution in [3.8, 4) is 0 Å². The third-order valence-corrected chi connectivity index (χ3v) is 6.64. The number of carbonyl (C=O) groups excluding carboxylic acids is 4. The second-order valence-electron chi connectivity index (χ2n) is 7.45. The molecule has 0 heterocycles. The molecule has 0 radical (unpaired) electrons. The van der Waals surface area contributed by atoms with Gasteiger partial charge in [-0.3, -0.25) is 28.8 Å². The van der Waals surface area contributed by atoms with E-state index in [4.69, 9.17) is 15.9 Å². The van der Waals surface area contributed by atoms with Crippen molar-refractivity contribution in [1.29, 1.82) is 0 Å². The molecule has 1 aliphatic carbocycles. The fourth-order valence-corrected chi connectivity index (χ4v) is 4.11. The highest BCUT2D eigenvalue weighted by atomic mass is 32.2. The molecule has 1 aliphatic rings. The molecule has 11 nitrogen and oxygen atoms in total. The number of ketones is 2. The molecule has 0 aliphatic heterocycles. The lowest BCUT2D eigenvalue weighted by Gasteiger charge is -2.34. The lowest BCUT2D eigenvalue weighted by atomic mass is 9.80. The highest BCUT2D eigenvalue weighted by Crippen LogP contribution is 2.41. The number of carboxylic acids is 2. The molecule has 1 rings (SSSR count). The maximum atomic E-state index is 12.8. The van der Waals surface area contributed by atoms with Crippen molar-refractivity contribution in [3.63, 3.8) is 0 Å². The highest BCUT2D eigenvalue weighted by Gasteiger charge is 2.45. The van der Waals surface area contributed by atoms with Crippen LogP contribution in [0.4, 0.5) is 0 Å². The largest absolute Gasteiger partial charge is 0.480 e. The van der Waals surface area contributed by atoms with Crippen molar-refractivity contribution >= 4 is 47.1 Å². The fraction of sp³-hybridized carbons (Fsp3) is 0.500. The van der Waals surface area contributed by atoms with Crippen LogP contribution in [0.25, 0.3) is 0 Å².